The molecule has 7 heteroatoms. The molecule has 2 aromatic carbocycles. The number of para-hydroxylation sites is 1. The molecule has 0 atom stereocenters. The smallest absolute Gasteiger partial charge is 0.344 e. The first-order chi connectivity index (χ1) is 13.6. The highest BCUT2D eigenvalue weighted by molar-refractivity contribution is 5.98. The van der Waals surface area contributed by atoms with Gasteiger partial charge in [-0.2, -0.15) is 0 Å². The summed E-state index contributed by atoms with van der Waals surface area (Å²) in [5, 5.41) is 6.56. The lowest BCUT2D eigenvalue weighted by Crippen LogP contribution is -2.32. The number of aromatic nitrogens is 1. The Balaban J connectivity index is 1.48. The van der Waals surface area contributed by atoms with E-state index < -0.39 is 18.5 Å². The largest absolute Gasteiger partial charge is 0.492 e. The van der Waals surface area contributed by atoms with Gasteiger partial charge in [-0.1, -0.05) is 53.7 Å². The molecular weight excluding hydrogens is 360 g/mol. The van der Waals surface area contributed by atoms with Crippen molar-refractivity contribution in [3.05, 3.63) is 72.0 Å². The van der Waals surface area contributed by atoms with Crippen LogP contribution in [-0.2, 0) is 9.53 Å². The number of carbonyl (C=O) groups is 2. The van der Waals surface area contributed by atoms with Crippen LogP contribution in [0.2, 0.25) is 0 Å². The van der Waals surface area contributed by atoms with Gasteiger partial charge in [-0.25, -0.2) is 4.79 Å². The lowest BCUT2D eigenvalue weighted by atomic mass is 10.1. The van der Waals surface area contributed by atoms with Crippen LogP contribution >= 0.6 is 0 Å². The molecule has 0 saturated carbocycles. The van der Waals surface area contributed by atoms with Crippen molar-refractivity contribution in [2.45, 2.75) is 6.92 Å². The molecule has 0 aliphatic rings. The molecule has 0 saturated heterocycles. The summed E-state index contributed by atoms with van der Waals surface area (Å²) >= 11 is 0. The van der Waals surface area contributed by atoms with Gasteiger partial charge in [-0.15, -0.1) is 0 Å². The molecule has 1 N–H and O–H groups in total. The van der Waals surface area contributed by atoms with E-state index >= 15 is 0 Å². The summed E-state index contributed by atoms with van der Waals surface area (Å²) in [6, 6.07) is 18.4. The maximum Gasteiger partial charge on any atom is 0.344 e. The maximum absolute atomic E-state index is 12.4. The number of hydrogen-bond donors (Lipinski definition) is 1. The highest BCUT2D eigenvalue weighted by atomic mass is 16.5. The van der Waals surface area contributed by atoms with E-state index in [2.05, 4.69) is 10.5 Å². The van der Waals surface area contributed by atoms with Gasteiger partial charge in [0.05, 0.1) is 6.54 Å². The van der Waals surface area contributed by atoms with Gasteiger partial charge in [0, 0.05) is 5.56 Å². The highest BCUT2D eigenvalue weighted by Crippen LogP contribution is 2.25. The molecule has 1 aromatic heterocycles. The number of ether oxygens (including phenoxy) is 2. The van der Waals surface area contributed by atoms with Crippen LogP contribution in [0.3, 0.4) is 0 Å². The Labute approximate surface area is 162 Å². The predicted octanol–water partition coefficient (Wildman–Crippen LogP) is 3.00. The number of hydrogen-bond acceptors (Lipinski definition) is 6. The van der Waals surface area contributed by atoms with Crippen molar-refractivity contribution in [1.82, 2.24) is 10.5 Å². The molecule has 0 bridgehead atoms. The maximum atomic E-state index is 12.4. The lowest BCUT2D eigenvalue weighted by molar-refractivity contribution is -0.124. The monoisotopic (exact) mass is 380 g/mol. The van der Waals surface area contributed by atoms with Crippen LogP contribution in [0.25, 0.3) is 11.3 Å². The van der Waals surface area contributed by atoms with Crippen LogP contribution in [0.15, 0.2) is 65.2 Å². The van der Waals surface area contributed by atoms with E-state index in [1.165, 1.54) is 0 Å². The topological polar surface area (TPSA) is 90.7 Å². The average molecular weight is 380 g/mol. The Kier molecular flexibility index (Phi) is 6.41. The zero-order chi connectivity index (χ0) is 19.8. The predicted molar refractivity (Wildman–Crippen MR) is 102 cm³/mol. The van der Waals surface area contributed by atoms with Gasteiger partial charge in [0.1, 0.15) is 29.4 Å². The van der Waals surface area contributed by atoms with E-state index in [1.807, 2.05) is 60.7 Å². The number of esters is 1. The van der Waals surface area contributed by atoms with Gasteiger partial charge in [0.15, 0.2) is 6.61 Å². The fraction of sp³-hybridized carbons (Fsp3) is 0.190. The van der Waals surface area contributed by atoms with Crippen molar-refractivity contribution in [3.8, 4) is 17.0 Å². The summed E-state index contributed by atoms with van der Waals surface area (Å²) in [7, 11) is 0. The summed E-state index contributed by atoms with van der Waals surface area (Å²) in [5.74, 6) is -0.0197. The Hall–Kier alpha value is -3.61. The third-order valence-corrected chi connectivity index (χ3v) is 3.88. The molecule has 0 aliphatic carbocycles. The Morgan fingerprint density at radius 1 is 1.04 bits per heavy atom. The number of nitrogens with zero attached hydrogens (tertiary/aromatic N) is 1. The van der Waals surface area contributed by atoms with Gasteiger partial charge in [0.25, 0.3) is 5.91 Å². The zero-order valence-electron chi connectivity index (χ0n) is 15.4. The van der Waals surface area contributed by atoms with Crippen LogP contribution in [0, 0.1) is 6.92 Å². The second kappa shape index (κ2) is 9.36. The highest BCUT2D eigenvalue weighted by Gasteiger charge is 2.23. The van der Waals surface area contributed by atoms with Crippen LogP contribution < -0.4 is 10.1 Å². The standard InChI is InChI=1S/C21H20N2O5/c1-15-19(20(23-28-15)16-8-4-2-5-9-16)21(25)27-14-18(24)22-12-13-26-17-10-6-3-7-11-17/h2-11H,12-14H2,1H3,(H,22,24). The number of carbonyl (C=O) groups excluding carboxylic acids is 2. The van der Waals surface area contributed by atoms with Crippen molar-refractivity contribution in [1.29, 1.82) is 0 Å². The molecule has 1 amide bonds. The van der Waals surface area contributed by atoms with Gasteiger partial charge in [-0.3, -0.25) is 4.79 Å². The first-order valence-corrected chi connectivity index (χ1v) is 8.78. The quantitative estimate of drug-likeness (QED) is 0.477. The molecule has 0 unspecified atom stereocenters. The normalized spacial score (nSPS) is 10.3. The molecule has 0 radical (unpaired) electrons. The summed E-state index contributed by atoms with van der Waals surface area (Å²) in [5.41, 5.74) is 1.33. The number of benzene rings is 2. The average Bonchev–Trinajstić information content (AvgIpc) is 3.12. The van der Waals surface area contributed by atoms with E-state index in [4.69, 9.17) is 14.0 Å². The number of amides is 1. The summed E-state index contributed by atoms with van der Waals surface area (Å²) < 4.78 is 15.7. The first kappa shape index (κ1) is 19.2. The zero-order valence-corrected chi connectivity index (χ0v) is 15.4. The van der Waals surface area contributed by atoms with Gasteiger partial charge >= 0.3 is 5.97 Å². The fourth-order valence-electron chi connectivity index (χ4n) is 2.54. The van der Waals surface area contributed by atoms with Crippen molar-refractivity contribution in [2.75, 3.05) is 19.8 Å². The van der Waals surface area contributed by atoms with Crippen molar-refractivity contribution < 1.29 is 23.6 Å². The van der Waals surface area contributed by atoms with Crippen LogP contribution in [0.1, 0.15) is 16.1 Å². The van der Waals surface area contributed by atoms with Crippen LogP contribution in [-0.4, -0.2) is 36.8 Å². The van der Waals surface area contributed by atoms with E-state index in [1.54, 1.807) is 6.92 Å². The molecule has 1 heterocycles. The SMILES string of the molecule is Cc1onc(-c2ccccc2)c1C(=O)OCC(=O)NCCOc1ccccc1. The summed E-state index contributed by atoms with van der Waals surface area (Å²) in [6.45, 7) is 1.83. The number of nitrogens with one attached hydrogen (secondary N) is 1. The minimum Gasteiger partial charge on any atom is -0.492 e. The van der Waals surface area contributed by atoms with E-state index in [0.717, 1.165) is 11.3 Å². The van der Waals surface area contributed by atoms with Gasteiger partial charge in [-0.05, 0) is 19.1 Å². The lowest BCUT2D eigenvalue weighted by Gasteiger charge is -2.08. The van der Waals surface area contributed by atoms with Gasteiger partial charge < -0.3 is 19.3 Å². The Bertz CT molecular complexity index is 922. The third-order valence-electron chi connectivity index (χ3n) is 3.88. The molecule has 0 fully saturated rings. The van der Waals surface area contributed by atoms with E-state index in [9.17, 15) is 9.59 Å². The molecular formula is C21H20N2O5. The molecule has 0 spiro atoms. The molecule has 28 heavy (non-hydrogen) atoms. The molecule has 144 valence electrons. The van der Waals surface area contributed by atoms with Crippen molar-refractivity contribution in [2.24, 2.45) is 0 Å². The second-order valence-corrected chi connectivity index (χ2v) is 5.92. The summed E-state index contributed by atoms with van der Waals surface area (Å²) in [6.07, 6.45) is 0. The van der Waals surface area contributed by atoms with Crippen molar-refractivity contribution in [3.63, 3.8) is 0 Å². The molecule has 0 aliphatic heterocycles. The van der Waals surface area contributed by atoms with E-state index in [-0.39, 0.29) is 5.56 Å². The minimum atomic E-state index is -0.659. The minimum absolute atomic E-state index is 0.214. The summed E-state index contributed by atoms with van der Waals surface area (Å²) in [4.78, 5) is 24.3. The molecule has 7 nitrogen and oxygen atoms in total. The number of rotatable bonds is 8. The first-order valence-electron chi connectivity index (χ1n) is 8.78. The van der Waals surface area contributed by atoms with Crippen molar-refractivity contribution >= 4 is 11.9 Å². The fourth-order valence-corrected chi connectivity index (χ4v) is 2.54. The number of aryl methyl sites for hydroxylation is 1. The second-order valence-electron chi connectivity index (χ2n) is 5.92. The van der Waals surface area contributed by atoms with E-state index in [0.29, 0.717) is 24.6 Å². The van der Waals surface area contributed by atoms with Gasteiger partial charge in [0.2, 0.25) is 0 Å². The third kappa shape index (κ3) is 4.97. The molecule has 3 rings (SSSR count). The Morgan fingerprint density at radius 2 is 1.71 bits per heavy atom. The Morgan fingerprint density at radius 3 is 2.43 bits per heavy atom. The van der Waals surface area contributed by atoms with Crippen LogP contribution in [0.5, 0.6) is 5.75 Å². The molecule has 3 aromatic rings. The van der Waals surface area contributed by atoms with Crippen LogP contribution in [0.4, 0.5) is 0 Å².